The van der Waals surface area contributed by atoms with E-state index in [0.29, 0.717) is 5.92 Å². The second kappa shape index (κ2) is 5.46. The van der Waals surface area contributed by atoms with Gasteiger partial charge in [-0.05, 0) is 42.5 Å². The van der Waals surface area contributed by atoms with Crippen LogP contribution in [0.15, 0.2) is 18.2 Å². The van der Waals surface area contributed by atoms with Crippen LogP contribution in [0.4, 0.5) is 0 Å². The van der Waals surface area contributed by atoms with Crippen LogP contribution in [0.1, 0.15) is 36.8 Å². The maximum absolute atomic E-state index is 5.37. The summed E-state index contributed by atoms with van der Waals surface area (Å²) in [5.41, 5.74) is 2.60. The lowest BCUT2D eigenvalue weighted by molar-refractivity contribution is 0.414. The van der Waals surface area contributed by atoms with E-state index in [9.17, 15) is 0 Å². The Balaban J connectivity index is 2.98. The van der Waals surface area contributed by atoms with Gasteiger partial charge in [-0.15, -0.1) is 12.3 Å². The van der Waals surface area contributed by atoms with Crippen molar-refractivity contribution in [2.45, 2.75) is 32.6 Å². The molecule has 1 rings (SSSR count). The van der Waals surface area contributed by atoms with Crippen LogP contribution in [0.3, 0.4) is 0 Å². The molecule has 0 amide bonds. The molecule has 1 unspecified atom stereocenters. The molecule has 0 aromatic heterocycles. The molecule has 15 heavy (non-hydrogen) atoms. The van der Waals surface area contributed by atoms with E-state index in [4.69, 9.17) is 11.2 Å². The van der Waals surface area contributed by atoms with Gasteiger partial charge in [0.25, 0.3) is 0 Å². The molecule has 0 aliphatic carbocycles. The van der Waals surface area contributed by atoms with Crippen molar-refractivity contribution in [2.24, 2.45) is 0 Å². The number of rotatable bonds is 4. The molecular formula is C14H18O. The van der Waals surface area contributed by atoms with Crippen molar-refractivity contribution in [1.29, 1.82) is 0 Å². The fraction of sp³-hybridized carbons (Fsp3) is 0.429. The number of hydrogen-bond donors (Lipinski definition) is 0. The predicted octanol–water partition coefficient (Wildman–Crippen LogP) is 3.52. The Bertz CT molecular complexity index is 360. The van der Waals surface area contributed by atoms with E-state index in [1.54, 1.807) is 7.11 Å². The van der Waals surface area contributed by atoms with E-state index in [1.165, 1.54) is 11.1 Å². The zero-order valence-electron chi connectivity index (χ0n) is 9.71. The smallest absolute Gasteiger partial charge is 0.119 e. The van der Waals surface area contributed by atoms with E-state index in [1.807, 2.05) is 6.07 Å². The van der Waals surface area contributed by atoms with Crippen molar-refractivity contribution < 1.29 is 4.74 Å². The van der Waals surface area contributed by atoms with Gasteiger partial charge in [-0.3, -0.25) is 0 Å². The van der Waals surface area contributed by atoms with Gasteiger partial charge in [-0.1, -0.05) is 13.0 Å². The molecule has 0 aliphatic rings. The van der Waals surface area contributed by atoms with Crippen molar-refractivity contribution in [1.82, 2.24) is 0 Å². The van der Waals surface area contributed by atoms with Crippen molar-refractivity contribution in [3.8, 4) is 18.1 Å². The molecule has 80 valence electrons. The molecular weight excluding hydrogens is 184 g/mol. The number of ether oxygens (including phenoxy) is 1. The first-order chi connectivity index (χ1) is 7.22. The number of benzene rings is 1. The predicted molar refractivity (Wildman–Crippen MR) is 64.2 cm³/mol. The van der Waals surface area contributed by atoms with Crippen LogP contribution in [0.25, 0.3) is 0 Å². The van der Waals surface area contributed by atoms with E-state index in [0.717, 1.165) is 18.6 Å². The average molecular weight is 202 g/mol. The quantitative estimate of drug-likeness (QED) is 0.679. The summed E-state index contributed by atoms with van der Waals surface area (Å²) < 4.78 is 5.18. The van der Waals surface area contributed by atoms with Crippen LogP contribution in [-0.2, 0) is 0 Å². The third-order valence-electron chi connectivity index (χ3n) is 2.77. The molecule has 0 radical (unpaired) electrons. The molecule has 0 saturated carbocycles. The Labute approximate surface area is 92.5 Å². The van der Waals surface area contributed by atoms with E-state index in [2.05, 4.69) is 31.9 Å². The van der Waals surface area contributed by atoms with Gasteiger partial charge in [-0.2, -0.15) is 0 Å². The molecule has 0 N–H and O–H groups in total. The first kappa shape index (κ1) is 11.7. The summed E-state index contributed by atoms with van der Waals surface area (Å²) in [5.74, 6) is 4.12. The second-order valence-electron chi connectivity index (χ2n) is 3.74. The Morgan fingerprint density at radius 2 is 2.20 bits per heavy atom. The van der Waals surface area contributed by atoms with Crippen LogP contribution >= 0.6 is 0 Å². The summed E-state index contributed by atoms with van der Waals surface area (Å²) in [6.07, 6.45) is 7.26. The lowest BCUT2D eigenvalue weighted by Gasteiger charge is -2.15. The largest absolute Gasteiger partial charge is 0.497 e. The van der Waals surface area contributed by atoms with Crippen molar-refractivity contribution >= 4 is 0 Å². The summed E-state index contributed by atoms with van der Waals surface area (Å²) >= 11 is 0. The second-order valence-corrected chi connectivity index (χ2v) is 3.74. The zero-order valence-corrected chi connectivity index (χ0v) is 9.71. The molecule has 1 atom stereocenters. The highest BCUT2D eigenvalue weighted by atomic mass is 16.5. The molecule has 0 bridgehead atoms. The Kier molecular flexibility index (Phi) is 4.24. The van der Waals surface area contributed by atoms with E-state index >= 15 is 0 Å². The zero-order chi connectivity index (χ0) is 11.3. The highest BCUT2D eigenvalue weighted by Crippen LogP contribution is 2.28. The van der Waals surface area contributed by atoms with Gasteiger partial charge in [0.05, 0.1) is 7.11 Å². The summed E-state index contributed by atoms with van der Waals surface area (Å²) in [4.78, 5) is 0. The average Bonchev–Trinajstić information content (AvgIpc) is 2.26. The molecule has 1 aromatic rings. The Hall–Kier alpha value is -1.42. The molecule has 1 nitrogen and oxygen atoms in total. The molecule has 0 saturated heterocycles. The van der Waals surface area contributed by atoms with Crippen LogP contribution in [0.2, 0.25) is 0 Å². The fourth-order valence-corrected chi connectivity index (χ4v) is 1.85. The lowest BCUT2D eigenvalue weighted by atomic mass is 9.90. The minimum absolute atomic E-state index is 0.473. The van der Waals surface area contributed by atoms with Gasteiger partial charge in [0.1, 0.15) is 5.75 Å². The van der Waals surface area contributed by atoms with E-state index < -0.39 is 0 Å². The molecule has 0 heterocycles. The highest BCUT2D eigenvalue weighted by Gasteiger charge is 2.10. The standard InChI is InChI=1S/C14H18O/c1-5-7-12(6-2)14-9-8-13(15-4)10-11(14)3/h1,8-10,12H,6-7H2,2-4H3. The lowest BCUT2D eigenvalue weighted by Crippen LogP contribution is -1.99. The molecule has 1 aromatic carbocycles. The minimum Gasteiger partial charge on any atom is -0.497 e. The van der Waals surface area contributed by atoms with Crippen LogP contribution in [-0.4, -0.2) is 7.11 Å². The van der Waals surface area contributed by atoms with Gasteiger partial charge in [0.2, 0.25) is 0 Å². The van der Waals surface area contributed by atoms with Crippen LogP contribution < -0.4 is 4.74 Å². The van der Waals surface area contributed by atoms with Gasteiger partial charge in [-0.25, -0.2) is 0 Å². The summed E-state index contributed by atoms with van der Waals surface area (Å²) in [7, 11) is 1.69. The topological polar surface area (TPSA) is 9.23 Å². The van der Waals surface area contributed by atoms with Crippen molar-refractivity contribution in [2.75, 3.05) is 7.11 Å². The third-order valence-corrected chi connectivity index (χ3v) is 2.77. The third kappa shape index (κ3) is 2.76. The Morgan fingerprint density at radius 1 is 1.47 bits per heavy atom. The minimum atomic E-state index is 0.473. The summed E-state index contributed by atoms with van der Waals surface area (Å²) in [5, 5.41) is 0. The Morgan fingerprint density at radius 3 is 2.67 bits per heavy atom. The van der Waals surface area contributed by atoms with Crippen LogP contribution in [0.5, 0.6) is 5.75 Å². The number of aryl methyl sites for hydroxylation is 1. The maximum atomic E-state index is 5.37. The van der Waals surface area contributed by atoms with Crippen LogP contribution in [0, 0.1) is 19.3 Å². The summed E-state index contributed by atoms with van der Waals surface area (Å²) in [6.45, 7) is 4.28. The number of methoxy groups -OCH3 is 1. The maximum Gasteiger partial charge on any atom is 0.119 e. The first-order valence-electron chi connectivity index (χ1n) is 5.30. The van der Waals surface area contributed by atoms with Gasteiger partial charge in [0, 0.05) is 6.42 Å². The van der Waals surface area contributed by atoms with E-state index in [-0.39, 0.29) is 0 Å². The fourth-order valence-electron chi connectivity index (χ4n) is 1.85. The first-order valence-corrected chi connectivity index (χ1v) is 5.30. The van der Waals surface area contributed by atoms with Crippen molar-refractivity contribution in [3.05, 3.63) is 29.3 Å². The molecule has 1 heteroatoms. The monoisotopic (exact) mass is 202 g/mol. The summed E-state index contributed by atoms with van der Waals surface area (Å²) in [6, 6.07) is 6.19. The van der Waals surface area contributed by atoms with Gasteiger partial charge >= 0.3 is 0 Å². The van der Waals surface area contributed by atoms with Crippen molar-refractivity contribution in [3.63, 3.8) is 0 Å². The van der Waals surface area contributed by atoms with Gasteiger partial charge in [0.15, 0.2) is 0 Å². The van der Waals surface area contributed by atoms with Gasteiger partial charge < -0.3 is 4.74 Å². The highest BCUT2D eigenvalue weighted by molar-refractivity contribution is 5.37. The molecule has 0 aliphatic heterocycles. The molecule has 0 fully saturated rings. The molecule has 0 spiro atoms. The normalized spacial score (nSPS) is 11.9. The number of hydrogen-bond acceptors (Lipinski definition) is 1. The number of terminal acetylenes is 1. The SMILES string of the molecule is C#CCC(CC)c1ccc(OC)cc1C.